The van der Waals surface area contributed by atoms with E-state index in [1.807, 2.05) is 42.6 Å². The van der Waals surface area contributed by atoms with Crippen LogP contribution in [0.4, 0.5) is 5.69 Å². The summed E-state index contributed by atoms with van der Waals surface area (Å²) in [6.07, 6.45) is 2.74. The van der Waals surface area contributed by atoms with Crippen LogP contribution in [0.3, 0.4) is 0 Å². The van der Waals surface area contributed by atoms with E-state index in [0.29, 0.717) is 0 Å². The first-order chi connectivity index (χ1) is 9.16. The van der Waals surface area contributed by atoms with Gasteiger partial charge in [-0.1, -0.05) is 23.7 Å². The van der Waals surface area contributed by atoms with Crippen molar-refractivity contribution < 1.29 is 0 Å². The molecule has 100 valence electrons. The molecule has 0 aliphatic carbocycles. The maximum absolute atomic E-state index is 6.17. The number of anilines is 1. The number of benzene rings is 1. The number of pyridine rings is 1. The molecule has 2 rings (SSSR count). The van der Waals surface area contributed by atoms with Crippen LogP contribution in [0.25, 0.3) is 0 Å². The van der Waals surface area contributed by atoms with Gasteiger partial charge in [-0.05, 0) is 31.3 Å². The summed E-state index contributed by atoms with van der Waals surface area (Å²) >= 11 is 6.17. The molecule has 0 spiro atoms. The molecule has 0 unspecified atom stereocenters. The van der Waals surface area contributed by atoms with E-state index >= 15 is 0 Å². The van der Waals surface area contributed by atoms with Crippen LogP contribution in [0.2, 0.25) is 5.02 Å². The van der Waals surface area contributed by atoms with Crippen molar-refractivity contribution in [2.75, 3.05) is 19.3 Å². The molecule has 0 atom stereocenters. The van der Waals surface area contributed by atoms with Crippen molar-refractivity contribution in [1.82, 2.24) is 9.88 Å². The van der Waals surface area contributed by atoms with Crippen LogP contribution in [0.5, 0.6) is 0 Å². The third kappa shape index (κ3) is 3.94. The zero-order valence-corrected chi connectivity index (χ0v) is 11.8. The molecule has 1 aromatic carbocycles. The van der Waals surface area contributed by atoms with Gasteiger partial charge >= 0.3 is 0 Å². The number of aromatic nitrogens is 1. The SMILES string of the molecule is CN(CCc1ccccn1)Cc1c(N)cccc1Cl. The summed E-state index contributed by atoms with van der Waals surface area (Å²) in [6.45, 7) is 1.67. The van der Waals surface area contributed by atoms with Gasteiger partial charge in [0.2, 0.25) is 0 Å². The van der Waals surface area contributed by atoms with E-state index in [4.69, 9.17) is 17.3 Å². The predicted octanol–water partition coefficient (Wildman–Crippen LogP) is 2.99. The van der Waals surface area contributed by atoms with Gasteiger partial charge in [-0.3, -0.25) is 4.98 Å². The Bertz CT molecular complexity index is 508. The number of nitrogens with two attached hydrogens (primary N) is 1. The molecule has 0 fully saturated rings. The summed E-state index contributed by atoms with van der Waals surface area (Å²) < 4.78 is 0. The highest BCUT2D eigenvalue weighted by Crippen LogP contribution is 2.23. The van der Waals surface area contributed by atoms with Crippen molar-refractivity contribution in [1.29, 1.82) is 0 Å². The monoisotopic (exact) mass is 275 g/mol. The number of hydrogen-bond donors (Lipinski definition) is 1. The molecular formula is C15H18ClN3. The summed E-state index contributed by atoms with van der Waals surface area (Å²) in [4.78, 5) is 6.52. The summed E-state index contributed by atoms with van der Waals surface area (Å²) in [5.41, 5.74) is 8.79. The minimum Gasteiger partial charge on any atom is -0.398 e. The van der Waals surface area contributed by atoms with Gasteiger partial charge < -0.3 is 10.6 Å². The third-order valence-electron chi connectivity index (χ3n) is 3.06. The predicted molar refractivity (Wildman–Crippen MR) is 80.1 cm³/mol. The van der Waals surface area contributed by atoms with Gasteiger partial charge in [0.25, 0.3) is 0 Å². The summed E-state index contributed by atoms with van der Waals surface area (Å²) in [5.74, 6) is 0. The van der Waals surface area contributed by atoms with Gasteiger partial charge in [0.1, 0.15) is 0 Å². The third-order valence-corrected chi connectivity index (χ3v) is 3.41. The molecule has 0 amide bonds. The molecule has 2 aromatic rings. The fourth-order valence-electron chi connectivity index (χ4n) is 1.94. The summed E-state index contributed by atoms with van der Waals surface area (Å²) in [6, 6.07) is 11.6. The van der Waals surface area contributed by atoms with Crippen molar-refractivity contribution in [3.8, 4) is 0 Å². The normalized spacial score (nSPS) is 10.9. The molecule has 0 saturated carbocycles. The fourth-order valence-corrected chi connectivity index (χ4v) is 2.18. The maximum Gasteiger partial charge on any atom is 0.0471 e. The number of nitrogen functional groups attached to an aromatic ring is 1. The topological polar surface area (TPSA) is 42.2 Å². The minimum absolute atomic E-state index is 0.727. The number of halogens is 1. The highest BCUT2D eigenvalue weighted by molar-refractivity contribution is 6.31. The molecule has 0 aliphatic heterocycles. The average Bonchev–Trinajstić information content (AvgIpc) is 2.42. The zero-order valence-electron chi connectivity index (χ0n) is 11.0. The van der Waals surface area contributed by atoms with E-state index in [0.717, 1.165) is 41.5 Å². The Morgan fingerprint density at radius 1 is 1.21 bits per heavy atom. The van der Waals surface area contributed by atoms with Crippen LogP contribution in [-0.2, 0) is 13.0 Å². The van der Waals surface area contributed by atoms with E-state index in [-0.39, 0.29) is 0 Å². The second-order valence-electron chi connectivity index (χ2n) is 4.62. The van der Waals surface area contributed by atoms with Crippen molar-refractivity contribution in [2.45, 2.75) is 13.0 Å². The molecule has 4 heteroatoms. The Labute approximate surface area is 119 Å². The molecule has 19 heavy (non-hydrogen) atoms. The van der Waals surface area contributed by atoms with Crippen molar-refractivity contribution in [3.63, 3.8) is 0 Å². The van der Waals surface area contributed by atoms with Crippen LogP contribution in [0.15, 0.2) is 42.6 Å². The van der Waals surface area contributed by atoms with Crippen LogP contribution in [-0.4, -0.2) is 23.5 Å². The van der Waals surface area contributed by atoms with E-state index < -0.39 is 0 Å². The lowest BCUT2D eigenvalue weighted by atomic mass is 10.1. The fraction of sp³-hybridized carbons (Fsp3) is 0.267. The Balaban J connectivity index is 1.93. The Morgan fingerprint density at radius 3 is 2.74 bits per heavy atom. The molecule has 0 bridgehead atoms. The Hall–Kier alpha value is -1.58. The van der Waals surface area contributed by atoms with Crippen molar-refractivity contribution >= 4 is 17.3 Å². The minimum atomic E-state index is 0.727. The van der Waals surface area contributed by atoms with E-state index in [1.54, 1.807) is 0 Å². The Morgan fingerprint density at radius 2 is 2.05 bits per heavy atom. The standard InChI is InChI=1S/C15H18ClN3/c1-19(10-8-12-5-2-3-9-18-12)11-13-14(16)6-4-7-15(13)17/h2-7,9H,8,10-11,17H2,1H3. The summed E-state index contributed by atoms with van der Waals surface area (Å²) in [7, 11) is 2.06. The van der Waals surface area contributed by atoms with Crippen LogP contribution < -0.4 is 5.73 Å². The summed E-state index contributed by atoms with van der Waals surface area (Å²) in [5, 5.41) is 0.727. The molecular weight excluding hydrogens is 258 g/mol. The Kier molecular flexibility index (Phi) is 4.77. The average molecular weight is 276 g/mol. The van der Waals surface area contributed by atoms with E-state index in [9.17, 15) is 0 Å². The second-order valence-corrected chi connectivity index (χ2v) is 5.02. The number of rotatable bonds is 5. The lowest BCUT2D eigenvalue weighted by Crippen LogP contribution is -2.21. The van der Waals surface area contributed by atoms with Crippen LogP contribution in [0.1, 0.15) is 11.3 Å². The zero-order chi connectivity index (χ0) is 13.7. The quantitative estimate of drug-likeness (QED) is 0.853. The molecule has 1 heterocycles. The number of nitrogens with zero attached hydrogens (tertiary/aromatic N) is 2. The lowest BCUT2D eigenvalue weighted by Gasteiger charge is -2.18. The molecule has 0 saturated heterocycles. The van der Waals surface area contributed by atoms with Crippen molar-refractivity contribution in [3.05, 3.63) is 58.9 Å². The molecule has 0 radical (unpaired) electrons. The first kappa shape index (κ1) is 13.8. The second kappa shape index (κ2) is 6.55. The van der Waals surface area contributed by atoms with Gasteiger partial charge in [-0.25, -0.2) is 0 Å². The highest BCUT2D eigenvalue weighted by Gasteiger charge is 2.08. The molecule has 2 N–H and O–H groups in total. The largest absolute Gasteiger partial charge is 0.398 e. The van der Waals surface area contributed by atoms with Gasteiger partial charge in [-0.2, -0.15) is 0 Å². The maximum atomic E-state index is 6.17. The van der Waals surface area contributed by atoms with Crippen LogP contribution in [0, 0.1) is 0 Å². The van der Waals surface area contributed by atoms with Crippen molar-refractivity contribution in [2.24, 2.45) is 0 Å². The smallest absolute Gasteiger partial charge is 0.0471 e. The molecule has 1 aromatic heterocycles. The van der Waals surface area contributed by atoms with Crippen LogP contribution >= 0.6 is 11.6 Å². The number of likely N-dealkylation sites (N-methyl/N-ethyl adjacent to an activating group) is 1. The van der Waals surface area contributed by atoms with Gasteiger partial charge in [0, 0.05) is 47.7 Å². The van der Waals surface area contributed by atoms with Gasteiger partial charge in [0.05, 0.1) is 0 Å². The first-order valence-corrected chi connectivity index (χ1v) is 6.66. The first-order valence-electron chi connectivity index (χ1n) is 6.28. The molecule has 0 aliphatic rings. The van der Waals surface area contributed by atoms with E-state index in [1.165, 1.54) is 0 Å². The van der Waals surface area contributed by atoms with Gasteiger partial charge in [0.15, 0.2) is 0 Å². The number of hydrogen-bond acceptors (Lipinski definition) is 3. The van der Waals surface area contributed by atoms with Gasteiger partial charge in [-0.15, -0.1) is 0 Å². The highest BCUT2D eigenvalue weighted by atomic mass is 35.5. The molecule has 3 nitrogen and oxygen atoms in total. The van der Waals surface area contributed by atoms with E-state index in [2.05, 4.69) is 16.9 Å². The lowest BCUT2D eigenvalue weighted by molar-refractivity contribution is 0.330.